The Balaban J connectivity index is 2.17. The monoisotopic (exact) mass is 173 g/mol. The number of benzene rings is 1. The van der Waals surface area contributed by atoms with Gasteiger partial charge in [-0.15, -0.1) is 0 Å². The minimum Gasteiger partial charge on any atom is -0.472 e. The van der Waals surface area contributed by atoms with E-state index < -0.39 is 0 Å². The quantitative estimate of drug-likeness (QED) is 0.591. The first-order valence-electron chi connectivity index (χ1n) is 4.71. The van der Waals surface area contributed by atoms with Crippen LogP contribution in [0.25, 0.3) is 0 Å². The van der Waals surface area contributed by atoms with Crippen LogP contribution in [-0.4, -0.2) is 6.40 Å². The smallest absolute Gasteiger partial charge is 0.175 e. The summed E-state index contributed by atoms with van der Waals surface area (Å²) in [5.74, 6) is 0. The molecule has 1 fully saturated rings. The molecule has 1 spiro atoms. The molecular formula is C11H11NO. The Morgan fingerprint density at radius 3 is 2.85 bits per heavy atom. The molecule has 2 nitrogen and oxygen atoms in total. The molecule has 0 atom stereocenters. The third kappa shape index (κ3) is 0.857. The number of nitrogens with zero attached hydrogens (tertiary/aromatic N) is 1. The van der Waals surface area contributed by atoms with Gasteiger partial charge in [0.1, 0.15) is 5.60 Å². The van der Waals surface area contributed by atoms with E-state index in [0.29, 0.717) is 0 Å². The molecule has 1 aromatic carbocycles. The predicted octanol–water partition coefficient (Wildman–Crippen LogP) is 2.76. The SMILES string of the molecule is C1=Nc2ccccc2C2(CCC2)O1. The third-order valence-corrected chi connectivity index (χ3v) is 3.03. The molecule has 66 valence electrons. The van der Waals surface area contributed by atoms with Crippen LogP contribution in [-0.2, 0) is 10.3 Å². The average molecular weight is 173 g/mol. The fourth-order valence-electron chi connectivity index (χ4n) is 2.10. The molecule has 1 aliphatic carbocycles. The molecule has 3 rings (SSSR count). The molecule has 0 bridgehead atoms. The summed E-state index contributed by atoms with van der Waals surface area (Å²) in [6.45, 7) is 0. The summed E-state index contributed by atoms with van der Waals surface area (Å²) in [4.78, 5) is 4.22. The molecule has 1 heterocycles. The highest BCUT2D eigenvalue weighted by Gasteiger charge is 2.43. The van der Waals surface area contributed by atoms with Gasteiger partial charge in [0.2, 0.25) is 0 Å². The Morgan fingerprint density at radius 1 is 1.23 bits per heavy atom. The van der Waals surface area contributed by atoms with Crippen molar-refractivity contribution in [2.45, 2.75) is 24.9 Å². The molecule has 0 amide bonds. The van der Waals surface area contributed by atoms with E-state index in [1.165, 1.54) is 12.0 Å². The Hall–Kier alpha value is -1.31. The normalized spacial score (nSPS) is 21.8. The Bertz CT molecular complexity index is 366. The highest BCUT2D eigenvalue weighted by atomic mass is 16.5. The minimum atomic E-state index is -0.0155. The van der Waals surface area contributed by atoms with Crippen molar-refractivity contribution in [3.05, 3.63) is 29.8 Å². The van der Waals surface area contributed by atoms with E-state index in [1.54, 1.807) is 6.40 Å². The lowest BCUT2D eigenvalue weighted by Gasteiger charge is -2.42. The minimum absolute atomic E-state index is 0.0155. The maximum Gasteiger partial charge on any atom is 0.175 e. The van der Waals surface area contributed by atoms with Gasteiger partial charge in [-0.3, -0.25) is 0 Å². The molecule has 1 aliphatic heterocycles. The summed E-state index contributed by atoms with van der Waals surface area (Å²) in [5, 5.41) is 0. The van der Waals surface area contributed by atoms with Crippen LogP contribution >= 0.6 is 0 Å². The van der Waals surface area contributed by atoms with Crippen LogP contribution in [0.5, 0.6) is 0 Å². The van der Waals surface area contributed by atoms with Gasteiger partial charge in [0.25, 0.3) is 0 Å². The molecule has 1 saturated carbocycles. The number of rotatable bonds is 0. The molecule has 2 heteroatoms. The largest absolute Gasteiger partial charge is 0.472 e. The van der Waals surface area contributed by atoms with Crippen LogP contribution in [0, 0.1) is 0 Å². The van der Waals surface area contributed by atoms with Crippen LogP contribution in [0.1, 0.15) is 24.8 Å². The van der Waals surface area contributed by atoms with E-state index in [4.69, 9.17) is 4.74 Å². The molecular weight excluding hydrogens is 162 g/mol. The van der Waals surface area contributed by atoms with Crippen molar-refractivity contribution in [3.63, 3.8) is 0 Å². The fraction of sp³-hybridized carbons (Fsp3) is 0.364. The van der Waals surface area contributed by atoms with Gasteiger partial charge in [0, 0.05) is 5.56 Å². The van der Waals surface area contributed by atoms with E-state index in [-0.39, 0.29) is 5.60 Å². The van der Waals surface area contributed by atoms with E-state index in [2.05, 4.69) is 23.2 Å². The molecule has 2 aliphatic rings. The number of hydrogen-bond acceptors (Lipinski definition) is 2. The van der Waals surface area contributed by atoms with Gasteiger partial charge in [0.05, 0.1) is 5.69 Å². The number of para-hydroxylation sites is 1. The zero-order chi connectivity index (χ0) is 8.73. The number of aliphatic imine (C=N–C) groups is 1. The number of ether oxygens (including phenoxy) is 1. The standard InChI is InChI=1S/C11H11NO/c1-2-5-10-9(4-1)11(6-3-7-11)13-8-12-10/h1-2,4-5,8H,3,6-7H2. The zero-order valence-corrected chi connectivity index (χ0v) is 7.36. The molecule has 0 aromatic heterocycles. The van der Waals surface area contributed by atoms with Crippen LogP contribution in [0.2, 0.25) is 0 Å². The summed E-state index contributed by atoms with van der Waals surface area (Å²) in [6, 6.07) is 8.26. The molecule has 0 radical (unpaired) electrons. The van der Waals surface area contributed by atoms with Crippen molar-refractivity contribution in [1.82, 2.24) is 0 Å². The molecule has 1 aromatic rings. The second-order valence-electron chi connectivity index (χ2n) is 3.72. The highest BCUT2D eigenvalue weighted by Crippen LogP contribution is 2.49. The van der Waals surface area contributed by atoms with Gasteiger partial charge in [-0.05, 0) is 25.3 Å². The average Bonchev–Trinajstić information content (AvgIpc) is 2.14. The van der Waals surface area contributed by atoms with Gasteiger partial charge in [-0.1, -0.05) is 18.2 Å². The highest BCUT2D eigenvalue weighted by molar-refractivity contribution is 5.64. The summed E-state index contributed by atoms with van der Waals surface area (Å²) in [7, 11) is 0. The Labute approximate surface area is 77.3 Å². The second-order valence-corrected chi connectivity index (χ2v) is 3.72. The van der Waals surface area contributed by atoms with Crippen molar-refractivity contribution >= 4 is 12.1 Å². The topological polar surface area (TPSA) is 21.6 Å². The van der Waals surface area contributed by atoms with Gasteiger partial charge < -0.3 is 4.74 Å². The van der Waals surface area contributed by atoms with E-state index >= 15 is 0 Å². The maximum atomic E-state index is 5.64. The van der Waals surface area contributed by atoms with E-state index in [0.717, 1.165) is 18.5 Å². The van der Waals surface area contributed by atoms with E-state index in [9.17, 15) is 0 Å². The summed E-state index contributed by atoms with van der Waals surface area (Å²) in [6.07, 6.45) is 5.13. The summed E-state index contributed by atoms with van der Waals surface area (Å²) < 4.78 is 5.64. The second kappa shape index (κ2) is 2.34. The Kier molecular flexibility index (Phi) is 1.29. The molecule has 0 N–H and O–H groups in total. The van der Waals surface area contributed by atoms with Crippen molar-refractivity contribution in [2.24, 2.45) is 4.99 Å². The van der Waals surface area contributed by atoms with Gasteiger partial charge in [-0.25, -0.2) is 4.99 Å². The third-order valence-electron chi connectivity index (χ3n) is 3.03. The molecule has 0 unspecified atom stereocenters. The Morgan fingerprint density at radius 2 is 2.08 bits per heavy atom. The summed E-state index contributed by atoms with van der Waals surface area (Å²) >= 11 is 0. The van der Waals surface area contributed by atoms with Gasteiger partial charge >= 0.3 is 0 Å². The lowest BCUT2D eigenvalue weighted by molar-refractivity contribution is -0.0204. The zero-order valence-electron chi connectivity index (χ0n) is 7.36. The number of fused-ring (bicyclic) bond motifs is 2. The van der Waals surface area contributed by atoms with Crippen LogP contribution in [0.4, 0.5) is 5.69 Å². The van der Waals surface area contributed by atoms with Crippen LogP contribution in [0.3, 0.4) is 0 Å². The van der Waals surface area contributed by atoms with Crippen molar-refractivity contribution in [3.8, 4) is 0 Å². The van der Waals surface area contributed by atoms with Gasteiger partial charge in [0.15, 0.2) is 6.40 Å². The maximum absolute atomic E-state index is 5.64. The van der Waals surface area contributed by atoms with E-state index in [1.807, 2.05) is 6.07 Å². The first-order valence-corrected chi connectivity index (χ1v) is 4.71. The first-order chi connectivity index (χ1) is 6.41. The van der Waals surface area contributed by atoms with Crippen molar-refractivity contribution in [2.75, 3.05) is 0 Å². The lowest BCUT2D eigenvalue weighted by Crippen LogP contribution is -2.38. The predicted molar refractivity (Wildman–Crippen MR) is 51.2 cm³/mol. The van der Waals surface area contributed by atoms with Crippen molar-refractivity contribution in [1.29, 1.82) is 0 Å². The number of hydrogen-bond donors (Lipinski definition) is 0. The molecule has 0 saturated heterocycles. The van der Waals surface area contributed by atoms with Crippen LogP contribution in [0.15, 0.2) is 29.3 Å². The fourth-order valence-corrected chi connectivity index (χ4v) is 2.10. The van der Waals surface area contributed by atoms with Crippen LogP contribution < -0.4 is 0 Å². The van der Waals surface area contributed by atoms with Gasteiger partial charge in [-0.2, -0.15) is 0 Å². The summed E-state index contributed by atoms with van der Waals surface area (Å²) in [5.41, 5.74) is 2.33. The lowest BCUT2D eigenvalue weighted by atomic mass is 9.74. The molecule has 13 heavy (non-hydrogen) atoms. The van der Waals surface area contributed by atoms with Crippen molar-refractivity contribution < 1.29 is 4.74 Å². The first kappa shape index (κ1) is 7.13.